The second-order valence-corrected chi connectivity index (χ2v) is 5.28. The zero-order chi connectivity index (χ0) is 12.5. The average molecular weight is 255 g/mol. The molecular weight excluding hydrogens is 242 g/mol. The minimum atomic E-state index is -3.71. The summed E-state index contributed by atoms with van der Waals surface area (Å²) >= 11 is 0. The van der Waals surface area contributed by atoms with Crippen molar-refractivity contribution >= 4 is 10.0 Å². The molecule has 0 aliphatic carbocycles. The van der Waals surface area contributed by atoms with Gasteiger partial charge in [0.15, 0.2) is 5.03 Å². The van der Waals surface area contributed by atoms with Gasteiger partial charge in [0.2, 0.25) is 0 Å². The molecule has 2 N–H and O–H groups in total. The van der Waals surface area contributed by atoms with Crippen LogP contribution in [0.15, 0.2) is 29.9 Å². The van der Waals surface area contributed by atoms with Crippen LogP contribution >= 0.6 is 0 Å². The number of primary sulfonamides is 1. The number of hydrogen-bond donors (Lipinski definition) is 1. The second-order valence-electron chi connectivity index (χ2n) is 3.77. The van der Waals surface area contributed by atoms with Gasteiger partial charge in [0.1, 0.15) is 0 Å². The van der Waals surface area contributed by atoms with Crippen molar-refractivity contribution in [2.45, 2.75) is 18.0 Å². The lowest BCUT2D eigenvalue weighted by molar-refractivity contribution is 0.594. The van der Waals surface area contributed by atoms with E-state index in [9.17, 15) is 8.42 Å². The molecule has 92 valence electrons. The van der Waals surface area contributed by atoms with Crippen molar-refractivity contribution in [2.75, 3.05) is 0 Å². The molecule has 2 aromatic heterocycles. The van der Waals surface area contributed by atoms with Gasteiger partial charge < -0.3 is 4.57 Å². The number of nitrogens with two attached hydrogens (primary N) is 1. The molecule has 0 unspecified atom stereocenters. The zero-order valence-electron chi connectivity index (χ0n) is 9.31. The molecule has 8 heteroatoms. The van der Waals surface area contributed by atoms with Crippen LogP contribution in [0, 0.1) is 0 Å². The van der Waals surface area contributed by atoms with Crippen molar-refractivity contribution in [3.8, 4) is 0 Å². The number of hydrogen-bond acceptors (Lipinski definition) is 4. The summed E-state index contributed by atoms with van der Waals surface area (Å²) in [6, 6.07) is 0. The Morgan fingerprint density at radius 2 is 2.18 bits per heavy atom. The van der Waals surface area contributed by atoms with Crippen LogP contribution in [-0.4, -0.2) is 27.7 Å². The highest BCUT2D eigenvalue weighted by Crippen LogP contribution is 2.04. The van der Waals surface area contributed by atoms with E-state index in [2.05, 4.69) is 10.1 Å². The lowest BCUT2D eigenvalue weighted by Crippen LogP contribution is -2.12. The molecule has 0 aliphatic heterocycles. The molecule has 2 rings (SSSR count). The summed E-state index contributed by atoms with van der Waals surface area (Å²) in [4.78, 5) is 3.73. The molecule has 17 heavy (non-hydrogen) atoms. The SMILES string of the molecule is Cn1cc(CCn2cnc(S(N)(=O)=O)c2)cn1. The lowest BCUT2D eigenvalue weighted by Gasteiger charge is -1.98. The number of sulfonamides is 1. The van der Waals surface area contributed by atoms with Crippen LogP contribution in [0.5, 0.6) is 0 Å². The number of aryl methyl sites for hydroxylation is 3. The fourth-order valence-corrected chi connectivity index (χ4v) is 1.94. The Morgan fingerprint density at radius 3 is 2.71 bits per heavy atom. The maximum atomic E-state index is 11.0. The van der Waals surface area contributed by atoms with Crippen LogP contribution in [0.2, 0.25) is 0 Å². The Labute approximate surface area is 98.9 Å². The highest BCUT2D eigenvalue weighted by atomic mass is 32.2. The Bertz CT molecular complexity index is 613. The molecular formula is C9H13N5O2S. The Balaban J connectivity index is 2.03. The van der Waals surface area contributed by atoms with Crippen molar-refractivity contribution in [1.29, 1.82) is 0 Å². The van der Waals surface area contributed by atoms with E-state index in [1.165, 1.54) is 12.5 Å². The predicted octanol–water partition coefficient (Wildman–Crippen LogP) is -0.493. The maximum absolute atomic E-state index is 11.0. The van der Waals surface area contributed by atoms with Crippen molar-refractivity contribution in [3.63, 3.8) is 0 Å². The molecule has 0 bridgehead atoms. The van der Waals surface area contributed by atoms with Gasteiger partial charge in [-0.3, -0.25) is 4.68 Å². The minimum Gasteiger partial charge on any atom is -0.336 e. The highest BCUT2D eigenvalue weighted by Gasteiger charge is 2.11. The van der Waals surface area contributed by atoms with E-state index < -0.39 is 10.0 Å². The Morgan fingerprint density at radius 1 is 1.41 bits per heavy atom. The minimum absolute atomic E-state index is 0.108. The second kappa shape index (κ2) is 4.30. The predicted molar refractivity (Wildman–Crippen MR) is 60.5 cm³/mol. The third-order valence-corrected chi connectivity index (χ3v) is 3.11. The smallest absolute Gasteiger partial charge is 0.257 e. The number of aromatic nitrogens is 4. The third kappa shape index (κ3) is 2.92. The topological polar surface area (TPSA) is 95.8 Å². The number of imidazole rings is 1. The molecule has 2 aromatic rings. The summed E-state index contributed by atoms with van der Waals surface area (Å²) in [5, 5.41) is 8.91. The number of rotatable bonds is 4. The van der Waals surface area contributed by atoms with Crippen LogP contribution in [0.4, 0.5) is 0 Å². The van der Waals surface area contributed by atoms with Crippen molar-refractivity contribution in [2.24, 2.45) is 12.2 Å². The van der Waals surface area contributed by atoms with Crippen LogP contribution in [-0.2, 0) is 30.0 Å². The molecule has 0 saturated heterocycles. The van der Waals surface area contributed by atoms with Gasteiger partial charge in [0.25, 0.3) is 10.0 Å². The van der Waals surface area contributed by atoms with Crippen molar-refractivity contribution in [1.82, 2.24) is 19.3 Å². The van der Waals surface area contributed by atoms with Crippen molar-refractivity contribution in [3.05, 3.63) is 30.5 Å². The molecule has 0 aliphatic rings. The molecule has 7 nitrogen and oxygen atoms in total. The Hall–Kier alpha value is -1.67. The van der Waals surface area contributed by atoms with E-state index >= 15 is 0 Å². The standard InChI is InChI=1S/C9H13N5O2S/c1-13-5-8(4-12-13)2-3-14-6-9(11-7-14)17(10,15)16/h4-7H,2-3H2,1H3,(H2,10,15,16). The fraction of sp³-hybridized carbons (Fsp3) is 0.333. The summed E-state index contributed by atoms with van der Waals surface area (Å²) in [5.41, 5.74) is 1.08. The van der Waals surface area contributed by atoms with E-state index in [0.717, 1.165) is 12.0 Å². The molecule has 0 amide bonds. The van der Waals surface area contributed by atoms with E-state index in [1.807, 2.05) is 13.2 Å². The fourth-order valence-electron chi connectivity index (χ4n) is 1.47. The summed E-state index contributed by atoms with van der Waals surface area (Å²) in [6.45, 7) is 0.633. The first kappa shape index (κ1) is 11.8. The first-order chi connectivity index (χ1) is 7.95. The summed E-state index contributed by atoms with van der Waals surface area (Å²) < 4.78 is 25.4. The maximum Gasteiger partial charge on any atom is 0.257 e. The molecule has 0 saturated carbocycles. The largest absolute Gasteiger partial charge is 0.336 e. The van der Waals surface area contributed by atoms with Gasteiger partial charge in [-0.2, -0.15) is 5.10 Å². The van der Waals surface area contributed by atoms with Gasteiger partial charge in [-0.25, -0.2) is 18.5 Å². The first-order valence-electron chi connectivity index (χ1n) is 4.97. The van der Waals surface area contributed by atoms with Crippen LogP contribution in [0.3, 0.4) is 0 Å². The molecule has 0 spiro atoms. The van der Waals surface area contributed by atoms with Gasteiger partial charge in [-0.1, -0.05) is 0 Å². The summed E-state index contributed by atoms with van der Waals surface area (Å²) in [7, 11) is -1.86. The summed E-state index contributed by atoms with van der Waals surface area (Å²) in [6.07, 6.45) is 7.32. The average Bonchev–Trinajstić information content (AvgIpc) is 2.82. The van der Waals surface area contributed by atoms with Gasteiger partial charge in [0, 0.05) is 26.0 Å². The zero-order valence-corrected chi connectivity index (χ0v) is 10.1. The molecule has 0 atom stereocenters. The van der Waals surface area contributed by atoms with Crippen LogP contribution in [0.25, 0.3) is 0 Å². The van der Waals surface area contributed by atoms with Gasteiger partial charge in [0.05, 0.1) is 12.5 Å². The van der Waals surface area contributed by atoms with E-state index in [1.54, 1.807) is 15.4 Å². The van der Waals surface area contributed by atoms with Crippen molar-refractivity contribution < 1.29 is 8.42 Å². The third-order valence-electron chi connectivity index (χ3n) is 2.32. The van der Waals surface area contributed by atoms with Gasteiger partial charge >= 0.3 is 0 Å². The van der Waals surface area contributed by atoms with Crippen LogP contribution < -0.4 is 5.14 Å². The normalized spacial score (nSPS) is 11.9. The quantitative estimate of drug-likeness (QED) is 0.797. The van der Waals surface area contributed by atoms with E-state index in [-0.39, 0.29) is 5.03 Å². The molecule has 0 radical (unpaired) electrons. The summed E-state index contributed by atoms with van der Waals surface area (Å²) in [5.74, 6) is 0. The number of nitrogens with zero attached hydrogens (tertiary/aromatic N) is 4. The monoisotopic (exact) mass is 255 g/mol. The molecule has 2 heterocycles. The lowest BCUT2D eigenvalue weighted by atomic mass is 10.2. The molecule has 0 fully saturated rings. The van der Waals surface area contributed by atoms with E-state index in [0.29, 0.717) is 6.54 Å². The van der Waals surface area contributed by atoms with E-state index in [4.69, 9.17) is 5.14 Å². The van der Waals surface area contributed by atoms with Crippen LogP contribution in [0.1, 0.15) is 5.56 Å². The first-order valence-corrected chi connectivity index (χ1v) is 6.52. The van der Waals surface area contributed by atoms with Gasteiger partial charge in [-0.05, 0) is 12.0 Å². The molecule has 0 aromatic carbocycles. The Kier molecular flexibility index (Phi) is 2.99. The van der Waals surface area contributed by atoms with Gasteiger partial charge in [-0.15, -0.1) is 0 Å². The highest BCUT2D eigenvalue weighted by molar-refractivity contribution is 7.89.